The zero-order valence-electron chi connectivity index (χ0n) is 7.99. The molecule has 3 heteroatoms. The summed E-state index contributed by atoms with van der Waals surface area (Å²) >= 11 is 1.75. The molecule has 2 rings (SSSR count). The second-order valence-electron chi connectivity index (χ2n) is 3.90. The van der Waals surface area contributed by atoms with Gasteiger partial charge >= 0.3 is 0 Å². The minimum absolute atomic E-state index is 0.787. The predicted molar refractivity (Wildman–Crippen MR) is 56.0 cm³/mol. The van der Waals surface area contributed by atoms with Gasteiger partial charge in [-0.15, -0.1) is 11.3 Å². The second-order valence-corrected chi connectivity index (χ2v) is 4.88. The van der Waals surface area contributed by atoms with Crippen LogP contribution in [0.4, 0.5) is 0 Å². The van der Waals surface area contributed by atoms with E-state index in [2.05, 4.69) is 17.2 Å². The van der Waals surface area contributed by atoms with Crippen molar-refractivity contribution >= 4 is 11.3 Å². The van der Waals surface area contributed by atoms with Gasteiger partial charge in [-0.05, 0) is 18.8 Å². The number of aromatic nitrogens is 1. The lowest BCUT2D eigenvalue weighted by Gasteiger charge is -2.33. The van der Waals surface area contributed by atoms with Gasteiger partial charge in [0, 0.05) is 30.6 Å². The lowest BCUT2D eigenvalue weighted by atomic mass is 9.82. The Hall–Kier alpha value is -0.410. The van der Waals surface area contributed by atoms with Crippen molar-refractivity contribution in [2.24, 2.45) is 5.92 Å². The van der Waals surface area contributed by atoms with E-state index in [9.17, 15) is 0 Å². The Kier molecular flexibility index (Phi) is 2.96. The van der Waals surface area contributed by atoms with Crippen LogP contribution in [0.3, 0.4) is 0 Å². The summed E-state index contributed by atoms with van der Waals surface area (Å²) in [6.07, 6.45) is 5.68. The molecule has 0 unspecified atom stereocenters. The van der Waals surface area contributed by atoms with Gasteiger partial charge in [0.25, 0.3) is 0 Å². The Morgan fingerprint density at radius 1 is 1.62 bits per heavy atom. The van der Waals surface area contributed by atoms with Crippen LogP contribution < -0.4 is 5.32 Å². The molecule has 0 atom stereocenters. The average Bonchev–Trinajstić information content (AvgIpc) is 2.53. The third kappa shape index (κ3) is 2.51. The molecule has 1 aliphatic carbocycles. The van der Waals surface area contributed by atoms with Crippen molar-refractivity contribution in [1.82, 2.24) is 10.3 Å². The highest BCUT2D eigenvalue weighted by atomic mass is 32.1. The minimum Gasteiger partial charge on any atom is -0.314 e. The van der Waals surface area contributed by atoms with Crippen LogP contribution in [0.1, 0.15) is 24.8 Å². The number of thiazole rings is 1. The van der Waals surface area contributed by atoms with Crippen molar-refractivity contribution in [3.8, 4) is 0 Å². The lowest BCUT2D eigenvalue weighted by Crippen LogP contribution is -2.40. The summed E-state index contributed by atoms with van der Waals surface area (Å²) < 4.78 is 0. The molecule has 1 aromatic heterocycles. The first-order chi connectivity index (χ1) is 6.34. The highest BCUT2D eigenvalue weighted by molar-refractivity contribution is 7.09. The van der Waals surface area contributed by atoms with Crippen molar-refractivity contribution in [2.75, 3.05) is 6.54 Å². The van der Waals surface area contributed by atoms with Gasteiger partial charge in [-0.2, -0.15) is 0 Å². The van der Waals surface area contributed by atoms with Gasteiger partial charge in [-0.1, -0.05) is 6.92 Å². The van der Waals surface area contributed by atoms with E-state index in [1.807, 2.05) is 11.6 Å². The molecule has 1 N–H and O–H groups in total. The summed E-state index contributed by atoms with van der Waals surface area (Å²) in [6.45, 7) is 3.41. The largest absolute Gasteiger partial charge is 0.314 e. The van der Waals surface area contributed by atoms with Crippen molar-refractivity contribution in [3.63, 3.8) is 0 Å². The van der Waals surface area contributed by atoms with E-state index < -0.39 is 0 Å². The van der Waals surface area contributed by atoms with Crippen LogP contribution in [0.2, 0.25) is 0 Å². The molecule has 1 saturated carbocycles. The summed E-state index contributed by atoms with van der Waals surface area (Å²) in [6, 6.07) is 0.787. The quantitative estimate of drug-likeness (QED) is 0.797. The minimum atomic E-state index is 0.787. The normalized spacial score (nSPS) is 27.2. The Morgan fingerprint density at radius 2 is 2.46 bits per heavy atom. The van der Waals surface area contributed by atoms with E-state index in [0.717, 1.165) is 24.9 Å². The molecule has 1 heterocycles. The fourth-order valence-corrected chi connectivity index (χ4v) is 2.45. The summed E-state index contributed by atoms with van der Waals surface area (Å²) in [5.41, 5.74) is 0. The molecular weight excluding hydrogens is 180 g/mol. The molecule has 0 saturated heterocycles. The van der Waals surface area contributed by atoms with E-state index in [4.69, 9.17) is 0 Å². The molecule has 13 heavy (non-hydrogen) atoms. The third-order valence-electron chi connectivity index (χ3n) is 2.63. The molecule has 0 radical (unpaired) electrons. The Labute approximate surface area is 83.4 Å². The van der Waals surface area contributed by atoms with E-state index in [-0.39, 0.29) is 0 Å². The first kappa shape index (κ1) is 9.16. The average molecular weight is 196 g/mol. The van der Waals surface area contributed by atoms with E-state index in [0.29, 0.717) is 0 Å². The highest BCUT2D eigenvalue weighted by Crippen LogP contribution is 2.25. The van der Waals surface area contributed by atoms with Crippen LogP contribution in [0.25, 0.3) is 0 Å². The first-order valence-corrected chi connectivity index (χ1v) is 5.84. The van der Waals surface area contributed by atoms with E-state index in [1.165, 1.54) is 17.8 Å². The van der Waals surface area contributed by atoms with Crippen LogP contribution in [0, 0.1) is 5.92 Å². The van der Waals surface area contributed by atoms with Crippen LogP contribution in [-0.4, -0.2) is 17.6 Å². The number of rotatable bonds is 4. The lowest BCUT2D eigenvalue weighted by molar-refractivity contribution is 0.243. The molecule has 0 amide bonds. The summed E-state index contributed by atoms with van der Waals surface area (Å²) in [4.78, 5) is 4.25. The van der Waals surface area contributed by atoms with Crippen LogP contribution in [0.5, 0.6) is 0 Å². The smallest absolute Gasteiger partial charge is 0.0937 e. The van der Waals surface area contributed by atoms with Gasteiger partial charge in [-0.3, -0.25) is 0 Å². The van der Waals surface area contributed by atoms with Gasteiger partial charge in [0.15, 0.2) is 0 Å². The molecule has 0 aromatic carbocycles. The molecule has 0 spiro atoms. The summed E-state index contributed by atoms with van der Waals surface area (Å²) in [5.74, 6) is 0.942. The monoisotopic (exact) mass is 196 g/mol. The Balaban J connectivity index is 1.59. The number of hydrogen-bond acceptors (Lipinski definition) is 3. The molecule has 0 aliphatic heterocycles. The molecule has 72 valence electrons. The first-order valence-electron chi connectivity index (χ1n) is 4.96. The van der Waals surface area contributed by atoms with Gasteiger partial charge < -0.3 is 5.32 Å². The zero-order valence-corrected chi connectivity index (χ0v) is 8.81. The Morgan fingerprint density at radius 3 is 3.08 bits per heavy atom. The molecule has 1 aromatic rings. The fourth-order valence-electron chi connectivity index (χ4n) is 1.83. The fraction of sp³-hybridized carbons (Fsp3) is 0.700. The zero-order chi connectivity index (χ0) is 9.10. The maximum Gasteiger partial charge on any atom is 0.0937 e. The van der Waals surface area contributed by atoms with Gasteiger partial charge in [0.1, 0.15) is 0 Å². The maximum atomic E-state index is 4.25. The maximum absolute atomic E-state index is 4.25. The van der Waals surface area contributed by atoms with Crippen molar-refractivity contribution < 1.29 is 0 Å². The molecule has 2 nitrogen and oxygen atoms in total. The van der Waals surface area contributed by atoms with E-state index in [1.54, 1.807) is 11.3 Å². The van der Waals surface area contributed by atoms with Gasteiger partial charge in [-0.25, -0.2) is 4.98 Å². The second kappa shape index (κ2) is 4.20. The number of nitrogens with one attached hydrogen (secondary N) is 1. The van der Waals surface area contributed by atoms with Crippen molar-refractivity contribution in [2.45, 2.75) is 32.2 Å². The number of nitrogens with zero attached hydrogens (tertiary/aromatic N) is 1. The molecule has 1 aliphatic rings. The van der Waals surface area contributed by atoms with Gasteiger partial charge in [0.2, 0.25) is 0 Å². The number of hydrogen-bond donors (Lipinski definition) is 1. The van der Waals surface area contributed by atoms with Crippen molar-refractivity contribution in [1.29, 1.82) is 0 Å². The standard InChI is InChI=1S/C10H16N2S/c1-8-6-9(7-8)11-3-2-10-12-4-5-13-10/h4-5,8-9,11H,2-3,6-7H2,1H3. The van der Waals surface area contributed by atoms with E-state index >= 15 is 0 Å². The summed E-state index contributed by atoms with van der Waals surface area (Å²) in [5, 5.41) is 6.85. The topological polar surface area (TPSA) is 24.9 Å². The van der Waals surface area contributed by atoms with Crippen LogP contribution in [0.15, 0.2) is 11.6 Å². The molecule has 1 fully saturated rings. The Bertz CT molecular complexity index is 239. The third-order valence-corrected chi connectivity index (χ3v) is 3.47. The SMILES string of the molecule is CC1CC(NCCc2nccs2)C1. The van der Waals surface area contributed by atoms with Gasteiger partial charge in [0.05, 0.1) is 5.01 Å². The highest BCUT2D eigenvalue weighted by Gasteiger charge is 2.24. The molecule has 0 bridgehead atoms. The molecular formula is C10H16N2S. The van der Waals surface area contributed by atoms with Crippen molar-refractivity contribution in [3.05, 3.63) is 16.6 Å². The van der Waals surface area contributed by atoms with Crippen LogP contribution >= 0.6 is 11.3 Å². The van der Waals surface area contributed by atoms with Crippen LogP contribution in [-0.2, 0) is 6.42 Å². The summed E-state index contributed by atoms with van der Waals surface area (Å²) in [7, 11) is 0. The predicted octanol–water partition coefficient (Wildman–Crippen LogP) is 2.07.